The quantitative estimate of drug-likeness (QED) is 0.792. The number of fused-ring (bicyclic) bond motifs is 1. The highest BCUT2D eigenvalue weighted by Gasteiger charge is 2.18. The Hall–Kier alpha value is -2.54. The second kappa shape index (κ2) is 6.52. The first-order chi connectivity index (χ1) is 11.5. The lowest BCUT2D eigenvalue weighted by Gasteiger charge is -2.27. The number of carbonyl (C=O) groups excluding carboxylic acids is 2. The predicted molar refractivity (Wildman–Crippen MR) is 90.6 cm³/mol. The average molecular weight is 328 g/mol. The lowest BCUT2D eigenvalue weighted by molar-refractivity contribution is 0.0827. The van der Waals surface area contributed by atoms with Crippen molar-refractivity contribution >= 4 is 28.5 Å². The summed E-state index contributed by atoms with van der Waals surface area (Å²) in [5.41, 5.74) is 1.93. The summed E-state index contributed by atoms with van der Waals surface area (Å²) in [6.45, 7) is 4.26. The fourth-order valence-corrected chi connectivity index (χ4v) is 2.70. The van der Waals surface area contributed by atoms with Gasteiger partial charge in [-0.3, -0.25) is 14.6 Å². The van der Waals surface area contributed by atoms with Crippen LogP contribution < -0.4 is 4.90 Å². The maximum Gasteiger partial charge on any atom is 0.253 e. The van der Waals surface area contributed by atoms with Gasteiger partial charge in [0.15, 0.2) is 5.78 Å². The van der Waals surface area contributed by atoms with Gasteiger partial charge in [-0.2, -0.15) is 0 Å². The zero-order chi connectivity index (χ0) is 17.3. The summed E-state index contributed by atoms with van der Waals surface area (Å²) in [6, 6.07) is 3.28. The summed E-state index contributed by atoms with van der Waals surface area (Å²) in [5, 5.41) is 0. The third-order valence-electron chi connectivity index (χ3n) is 4.00. The molecule has 0 atom stereocenters. The van der Waals surface area contributed by atoms with Crippen molar-refractivity contribution in [1.29, 1.82) is 0 Å². The Labute approximate surface area is 140 Å². The summed E-state index contributed by atoms with van der Waals surface area (Å²) in [5.74, 6) is 0.417. The van der Waals surface area contributed by atoms with Crippen LogP contribution in [0.25, 0.3) is 11.0 Å². The molecule has 0 aliphatic carbocycles. The fraction of sp³-hybridized carbons (Fsp3) is 0.412. The Morgan fingerprint density at radius 3 is 2.54 bits per heavy atom. The molecule has 7 nitrogen and oxygen atoms in total. The van der Waals surface area contributed by atoms with E-state index in [1.165, 1.54) is 11.8 Å². The van der Waals surface area contributed by atoms with Crippen molar-refractivity contribution in [3.63, 3.8) is 0 Å². The normalized spacial score (nSPS) is 14.7. The Morgan fingerprint density at radius 2 is 1.92 bits per heavy atom. The van der Waals surface area contributed by atoms with Gasteiger partial charge in [-0.05, 0) is 19.1 Å². The van der Waals surface area contributed by atoms with E-state index in [-0.39, 0.29) is 11.7 Å². The number of hydrogen-bond donors (Lipinski definition) is 0. The van der Waals surface area contributed by atoms with Crippen molar-refractivity contribution in [3.8, 4) is 0 Å². The largest absolute Gasteiger partial charge is 0.378 e. The number of carbonyl (C=O) groups is 2. The standard InChI is InChI=1S/C17H20N4O3/c1-11(22)13-8-12(17(23)20(2)3)9-14-16(13)19-15(10-18-14)21-4-6-24-7-5-21/h8-10H,4-7H2,1-3H3. The highest BCUT2D eigenvalue weighted by atomic mass is 16.5. The number of morpholine rings is 1. The van der Waals surface area contributed by atoms with Crippen LogP contribution in [0.4, 0.5) is 5.82 Å². The zero-order valence-electron chi connectivity index (χ0n) is 14.1. The number of hydrogen-bond acceptors (Lipinski definition) is 6. The van der Waals surface area contributed by atoms with E-state index in [4.69, 9.17) is 4.74 Å². The molecule has 126 valence electrons. The Balaban J connectivity index is 2.11. The number of anilines is 1. The van der Waals surface area contributed by atoms with Gasteiger partial charge in [0, 0.05) is 38.3 Å². The van der Waals surface area contributed by atoms with E-state index in [2.05, 4.69) is 14.9 Å². The highest BCUT2D eigenvalue weighted by Crippen LogP contribution is 2.23. The number of ether oxygens (including phenoxy) is 1. The molecule has 1 fully saturated rings. The maximum atomic E-state index is 12.2. The van der Waals surface area contributed by atoms with Crippen LogP contribution >= 0.6 is 0 Å². The minimum Gasteiger partial charge on any atom is -0.378 e. The van der Waals surface area contributed by atoms with Gasteiger partial charge in [0.25, 0.3) is 5.91 Å². The monoisotopic (exact) mass is 328 g/mol. The minimum atomic E-state index is -0.168. The number of benzene rings is 1. The molecule has 0 N–H and O–H groups in total. The number of ketones is 1. The third-order valence-corrected chi connectivity index (χ3v) is 4.00. The van der Waals surface area contributed by atoms with Gasteiger partial charge >= 0.3 is 0 Å². The third kappa shape index (κ3) is 3.07. The molecule has 1 aromatic heterocycles. The molecule has 1 aliphatic heterocycles. The minimum absolute atomic E-state index is 0.137. The molecule has 1 aliphatic rings. The molecule has 1 aromatic carbocycles. The molecule has 0 bridgehead atoms. The van der Waals surface area contributed by atoms with Crippen molar-refractivity contribution in [2.75, 3.05) is 45.3 Å². The first kappa shape index (κ1) is 16.3. The Morgan fingerprint density at radius 1 is 1.21 bits per heavy atom. The fourth-order valence-electron chi connectivity index (χ4n) is 2.70. The molecule has 24 heavy (non-hydrogen) atoms. The van der Waals surface area contributed by atoms with Crippen molar-refractivity contribution in [3.05, 3.63) is 29.5 Å². The van der Waals surface area contributed by atoms with Crippen LogP contribution in [0.15, 0.2) is 18.3 Å². The molecular formula is C17H20N4O3. The first-order valence-corrected chi connectivity index (χ1v) is 7.83. The Kier molecular flexibility index (Phi) is 4.44. The van der Waals surface area contributed by atoms with E-state index >= 15 is 0 Å². The van der Waals surface area contributed by atoms with E-state index < -0.39 is 0 Å². The van der Waals surface area contributed by atoms with Crippen LogP contribution in [-0.4, -0.2) is 67.0 Å². The summed E-state index contributed by atoms with van der Waals surface area (Å²) < 4.78 is 5.35. The lowest BCUT2D eigenvalue weighted by atomic mass is 10.0. The Bertz CT molecular complexity index is 798. The number of amides is 1. The first-order valence-electron chi connectivity index (χ1n) is 7.83. The zero-order valence-corrected chi connectivity index (χ0v) is 14.1. The molecule has 0 saturated carbocycles. The second-order valence-electron chi connectivity index (χ2n) is 5.97. The molecule has 1 saturated heterocycles. The summed E-state index contributed by atoms with van der Waals surface area (Å²) in [6.07, 6.45) is 1.68. The van der Waals surface area contributed by atoms with E-state index in [1.54, 1.807) is 32.4 Å². The second-order valence-corrected chi connectivity index (χ2v) is 5.97. The van der Waals surface area contributed by atoms with Crippen LogP contribution in [-0.2, 0) is 4.74 Å². The van der Waals surface area contributed by atoms with Crippen LogP contribution in [0.1, 0.15) is 27.6 Å². The van der Waals surface area contributed by atoms with Crippen molar-refractivity contribution in [1.82, 2.24) is 14.9 Å². The van der Waals surface area contributed by atoms with Gasteiger partial charge in [0.1, 0.15) is 11.3 Å². The van der Waals surface area contributed by atoms with Gasteiger partial charge in [0.05, 0.1) is 24.9 Å². The summed E-state index contributed by atoms with van der Waals surface area (Å²) in [4.78, 5) is 36.9. The van der Waals surface area contributed by atoms with Crippen molar-refractivity contribution < 1.29 is 14.3 Å². The van der Waals surface area contributed by atoms with Crippen LogP contribution in [0.5, 0.6) is 0 Å². The molecular weight excluding hydrogens is 308 g/mol. The SMILES string of the molecule is CC(=O)c1cc(C(=O)N(C)C)cc2ncc(N3CCOCC3)nc12. The van der Waals surface area contributed by atoms with Gasteiger partial charge in [-0.1, -0.05) is 0 Å². The predicted octanol–water partition coefficient (Wildman–Crippen LogP) is 1.37. The smallest absolute Gasteiger partial charge is 0.253 e. The van der Waals surface area contributed by atoms with Gasteiger partial charge in [-0.25, -0.2) is 4.98 Å². The number of rotatable bonds is 3. The van der Waals surface area contributed by atoms with Gasteiger partial charge in [0.2, 0.25) is 0 Å². The number of Topliss-reactive ketones (excluding diaryl/α,β-unsaturated/α-hetero) is 1. The van der Waals surface area contributed by atoms with Gasteiger partial charge in [-0.15, -0.1) is 0 Å². The molecule has 0 radical (unpaired) electrons. The van der Waals surface area contributed by atoms with E-state index in [0.29, 0.717) is 35.4 Å². The maximum absolute atomic E-state index is 12.2. The summed E-state index contributed by atoms with van der Waals surface area (Å²) in [7, 11) is 3.35. The van der Waals surface area contributed by atoms with E-state index in [9.17, 15) is 9.59 Å². The molecule has 7 heteroatoms. The van der Waals surface area contributed by atoms with E-state index in [1.807, 2.05) is 0 Å². The molecule has 2 heterocycles. The lowest BCUT2D eigenvalue weighted by Crippen LogP contribution is -2.36. The molecule has 2 aromatic rings. The topological polar surface area (TPSA) is 75.6 Å². The molecule has 3 rings (SSSR count). The molecule has 1 amide bonds. The van der Waals surface area contributed by atoms with E-state index in [0.717, 1.165) is 18.9 Å². The van der Waals surface area contributed by atoms with Crippen molar-refractivity contribution in [2.24, 2.45) is 0 Å². The van der Waals surface area contributed by atoms with Crippen LogP contribution in [0, 0.1) is 0 Å². The average Bonchev–Trinajstić information content (AvgIpc) is 2.60. The number of nitrogens with zero attached hydrogens (tertiary/aromatic N) is 4. The number of aromatic nitrogens is 2. The summed E-state index contributed by atoms with van der Waals surface area (Å²) >= 11 is 0. The van der Waals surface area contributed by atoms with Gasteiger partial charge < -0.3 is 14.5 Å². The molecule has 0 unspecified atom stereocenters. The van der Waals surface area contributed by atoms with Crippen LogP contribution in [0.3, 0.4) is 0 Å². The molecule has 0 spiro atoms. The highest BCUT2D eigenvalue weighted by molar-refractivity contribution is 6.08. The van der Waals surface area contributed by atoms with Crippen LogP contribution in [0.2, 0.25) is 0 Å². The van der Waals surface area contributed by atoms with Crippen molar-refractivity contribution in [2.45, 2.75) is 6.92 Å².